The Balaban J connectivity index is 0. The van der Waals surface area contributed by atoms with E-state index in [0.29, 0.717) is 12.0 Å². The molecular formula is C27H37NO4. The summed E-state index contributed by atoms with van der Waals surface area (Å²) < 4.78 is 0. The Hall–Kier alpha value is -3.44. The zero-order valence-corrected chi connectivity index (χ0v) is 18.7. The van der Waals surface area contributed by atoms with Crippen molar-refractivity contribution in [1.82, 2.24) is 5.32 Å². The molecule has 0 radical (unpaired) electrons. The molecule has 0 atom stereocenters. The average Bonchev–Trinajstić information content (AvgIpc) is 2.79. The van der Waals surface area contributed by atoms with Gasteiger partial charge < -0.3 is 20.3 Å². The van der Waals surface area contributed by atoms with Gasteiger partial charge in [0, 0.05) is 13.0 Å². The maximum atomic E-state index is 10.8. The molecule has 3 aromatic rings. The molecule has 0 aliphatic carbocycles. The fourth-order valence-electron chi connectivity index (χ4n) is 2.48. The van der Waals surface area contributed by atoms with E-state index in [4.69, 9.17) is 9.90 Å². The average molecular weight is 440 g/mol. The summed E-state index contributed by atoms with van der Waals surface area (Å²) >= 11 is 0. The summed E-state index contributed by atoms with van der Waals surface area (Å²) in [4.78, 5) is 19.6. The number of phenols is 1. The number of rotatable bonds is 5. The summed E-state index contributed by atoms with van der Waals surface area (Å²) in [5, 5.41) is 21.7. The maximum Gasteiger partial charge on any atom is 0.335 e. The highest BCUT2D eigenvalue weighted by Gasteiger charge is 2.08. The summed E-state index contributed by atoms with van der Waals surface area (Å²) in [6.45, 7) is 6.40. The van der Waals surface area contributed by atoms with Crippen molar-refractivity contribution in [2.45, 2.75) is 41.2 Å². The summed E-state index contributed by atoms with van der Waals surface area (Å²) in [5.74, 6) is -0.863. The minimum Gasteiger partial charge on any atom is -0.508 e. The fourth-order valence-corrected chi connectivity index (χ4v) is 2.48. The van der Waals surface area contributed by atoms with Crippen LogP contribution in [0.4, 0.5) is 0 Å². The number of hydrogen-bond donors (Lipinski definition) is 3. The maximum absolute atomic E-state index is 10.8. The van der Waals surface area contributed by atoms with Crippen molar-refractivity contribution in [3.8, 4) is 5.75 Å². The lowest BCUT2D eigenvalue weighted by molar-refractivity contribution is -0.106. The molecule has 0 aromatic heterocycles. The van der Waals surface area contributed by atoms with Crippen LogP contribution < -0.4 is 5.32 Å². The van der Waals surface area contributed by atoms with Crippen molar-refractivity contribution >= 4 is 12.3 Å². The van der Waals surface area contributed by atoms with Crippen LogP contribution in [0.15, 0.2) is 78.9 Å². The van der Waals surface area contributed by atoms with E-state index in [2.05, 4.69) is 17.4 Å². The third-order valence-electron chi connectivity index (χ3n) is 3.79. The van der Waals surface area contributed by atoms with Crippen molar-refractivity contribution in [3.05, 3.63) is 101 Å². The first-order chi connectivity index (χ1) is 15.0. The molecule has 0 saturated heterocycles. The van der Waals surface area contributed by atoms with E-state index in [1.807, 2.05) is 69.4 Å². The van der Waals surface area contributed by atoms with Crippen LogP contribution in [0, 0.1) is 0 Å². The largest absolute Gasteiger partial charge is 0.508 e. The number of aldehydes is 1. The molecule has 3 rings (SSSR count). The second-order valence-electron chi connectivity index (χ2n) is 6.06. The van der Waals surface area contributed by atoms with Crippen LogP contribution in [0.1, 0.15) is 55.2 Å². The Kier molecular flexibility index (Phi) is 18.8. The van der Waals surface area contributed by atoms with E-state index in [9.17, 15) is 9.90 Å². The Morgan fingerprint density at radius 3 is 1.81 bits per heavy atom. The van der Waals surface area contributed by atoms with Gasteiger partial charge in [-0.25, -0.2) is 4.79 Å². The third kappa shape index (κ3) is 13.0. The molecule has 0 bridgehead atoms. The molecule has 0 unspecified atom stereocenters. The van der Waals surface area contributed by atoms with Crippen LogP contribution in [-0.4, -0.2) is 29.5 Å². The van der Waals surface area contributed by atoms with E-state index in [1.54, 1.807) is 0 Å². The molecule has 0 aliphatic heterocycles. The number of carboxylic acids is 1. The lowest BCUT2D eigenvalue weighted by atomic mass is 10.0. The van der Waals surface area contributed by atoms with Gasteiger partial charge in [-0.3, -0.25) is 0 Å². The smallest absolute Gasteiger partial charge is 0.335 e. The third-order valence-corrected chi connectivity index (χ3v) is 3.79. The van der Waals surface area contributed by atoms with Crippen LogP contribution in [0.5, 0.6) is 5.75 Å². The Morgan fingerprint density at radius 2 is 1.38 bits per heavy atom. The lowest BCUT2D eigenvalue weighted by Crippen LogP contribution is -2.04. The molecule has 0 amide bonds. The molecule has 174 valence electrons. The van der Waals surface area contributed by atoms with E-state index in [-0.39, 0.29) is 18.7 Å². The molecular weight excluding hydrogens is 402 g/mol. The van der Waals surface area contributed by atoms with Gasteiger partial charge in [-0.2, -0.15) is 0 Å². The zero-order valence-electron chi connectivity index (χ0n) is 18.7. The van der Waals surface area contributed by atoms with Gasteiger partial charge in [-0.05, 0) is 48.9 Å². The van der Waals surface area contributed by atoms with Gasteiger partial charge in [0.05, 0.1) is 5.56 Å². The van der Waals surface area contributed by atoms with Crippen LogP contribution in [0.2, 0.25) is 0 Å². The molecule has 32 heavy (non-hydrogen) atoms. The second kappa shape index (κ2) is 19.5. The normalized spacial score (nSPS) is 8.62. The van der Waals surface area contributed by atoms with Crippen LogP contribution in [-0.2, 0) is 17.8 Å². The molecule has 0 fully saturated rings. The van der Waals surface area contributed by atoms with E-state index in [0.717, 1.165) is 18.4 Å². The molecule has 5 nitrogen and oxygen atoms in total. The summed E-state index contributed by atoms with van der Waals surface area (Å²) in [7, 11) is 1.95. The standard InChI is InChI=1S/C14H12O3.C8H11N.C2H4O.C2H6.CH4/c15-13-7-6-11(14(16)17)9-12(13)8-10-4-2-1-3-5-10;1-9-7-8-5-3-2-4-6-8;1-2-3;1-2;/h1-7,9,15H,8H2,(H,16,17);2-6,9H,7H2,1H3;2H,1H3;1-2H3;1H4. The van der Waals surface area contributed by atoms with Crippen molar-refractivity contribution in [3.63, 3.8) is 0 Å². The first-order valence-corrected chi connectivity index (χ1v) is 10.2. The van der Waals surface area contributed by atoms with Gasteiger partial charge in [0.15, 0.2) is 0 Å². The monoisotopic (exact) mass is 439 g/mol. The van der Waals surface area contributed by atoms with Gasteiger partial charge >= 0.3 is 5.97 Å². The Bertz CT molecular complexity index is 865. The molecule has 0 saturated carbocycles. The minimum atomic E-state index is -0.987. The van der Waals surface area contributed by atoms with Crippen molar-refractivity contribution in [2.24, 2.45) is 0 Å². The molecule has 0 aliphatic rings. The first-order valence-electron chi connectivity index (χ1n) is 10.2. The number of phenolic OH excluding ortho intramolecular Hbond substituents is 1. The lowest BCUT2D eigenvalue weighted by Gasteiger charge is -2.06. The number of carbonyl (C=O) groups excluding carboxylic acids is 1. The number of aromatic carboxylic acids is 1. The number of carboxylic acid groups (broad SMARTS) is 1. The Morgan fingerprint density at radius 1 is 0.906 bits per heavy atom. The van der Waals surface area contributed by atoms with Crippen LogP contribution in [0.3, 0.4) is 0 Å². The number of aromatic hydroxyl groups is 1. The Labute approximate surface area is 192 Å². The van der Waals surface area contributed by atoms with Gasteiger partial charge in [-0.1, -0.05) is 81.9 Å². The zero-order chi connectivity index (χ0) is 23.5. The minimum absolute atomic E-state index is 0. The first kappa shape index (κ1) is 30.8. The van der Waals surface area contributed by atoms with Crippen LogP contribution in [0.25, 0.3) is 0 Å². The molecule has 0 spiro atoms. The van der Waals surface area contributed by atoms with Crippen molar-refractivity contribution in [1.29, 1.82) is 0 Å². The van der Waals surface area contributed by atoms with Gasteiger partial charge in [0.25, 0.3) is 0 Å². The quantitative estimate of drug-likeness (QED) is 0.427. The second-order valence-corrected chi connectivity index (χ2v) is 6.06. The fraction of sp³-hybridized carbons (Fsp3) is 0.259. The highest BCUT2D eigenvalue weighted by atomic mass is 16.4. The van der Waals surface area contributed by atoms with Gasteiger partial charge in [-0.15, -0.1) is 0 Å². The highest BCUT2D eigenvalue weighted by Crippen LogP contribution is 2.21. The van der Waals surface area contributed by atoms with Crippen molar-refractivity contribution in [2.75, 3.05) is 7.05 Å². The molecule has 0 heterocycles. The van der Waals surface area contributed by atoms with E-state index in [1.165, 1.54) is 30.7 Å². The summed E-state index contributed by atoms with van der Waals surface area (Å²) in [5.41, 5.74) is 3.18. The predicted molar refractivity (Wildman–Crippen MR) is 133 cm³/mol. The number of carbonyl (C=O) groups is 2. The SMILES string of the molecule is C.CC.CC=O.CNCc1ccccc1.O=C(O)c1ccc(O)c(Cc2ccccc2)c1. The summed E-state index contributed by atoms with van der Waals surface area (Å²) in [6.07, 6.45) is 1.27. The van der Waals surface area contributed by atoms with Crippen molar-refractivity contribution < 1.29 is 19.8 Å². The number of benzene rings is 3. The highest BCUT2D eigenvalue weighted by molar-refractivity contribution is 5.88. The summed E-state index contributed by atoms with van der Waals surface area (Å²) in [6, 6.07) is 24.3. The number of hydrogen-bond acceptors (Lipinski definition) is 4. The van der Waals surface area contributed by atoms with E-state index >= 15 is 0 Å². The van der Waals surface area contributed by atoms with Gasteiger partial charge in [0.1, 0.15) is 12.0 Å². The molecule has 3 N–H and O–H groups in total. The van der Waals surface area contributed by atoms with Crippen LogP contribution >= 0.6 is 0 Å². The predicted octanol–water partition coefficient (Wildman–Crippen LogP) is 5.95. The van der Waals surface area contributed by atoms with Gasteiger partial charge in [0.2, 0.25) is 0 Å². The molecule has 5 heteroatoms. The van der Waals surface area contributed by atoms with E-state index < -0.39 is 5.97 Å². The molecule has 3 aromatic carbocycles. The number of nitrogens with one attached hydrogen (secondary N) is 1. The topological polar surface area (TPSA) is 86.6 Å².